The van der Waals surface area contributed by atoms with Crippen LogP contribution in [0.5, 0.6) is 11.5 Å². The maximum Gasteiger partial charge on any atom is 0.338 e. The lowest BCUT2D eigenvalue weighted by molar-refractivity contribution is 0.0322. The molecule has 8 nitrogen and oxygen atoms in total. The Hall–Kier alpha value is -3.36. The molecular formula is C22H24O8. The number of rotatable bonds is 10. The van der Waals surface area contributed by atoms with Gasteiger partial charge in [-0.1, -0.05) is 24.3 Å². The second-order valence-electron chi connectivity index (χ2n) is 5.93. The van der Waals surface area contributed by atoms with Crippen LogP contribution < -0.4 is 9.47 Å². The first-order chi connectivity index (χ1) is 14.5. The molecule has 0 bridgehead atoms. The molecule has 0 saturated heterocycles. The molecular weight excluding hydrogens is 392 g/mol. The number of ether oxygens (including phenoxy) is 6. The first kappa shape index (κ1) is 22.9. The lowest BCUT2D eigenvalue weighted by atomic mass is 10.0. The monoisotopic (exact) mass is 416 g/mol. The van der Waals surface area contributed by atoms with E-state index in [-0.39, 0.29) is 24.7 Å². The number of benzene rings is 2. The summed E-state index contributed by atoms with van der Waals surface area (Å²) >= 11 is 0. The van der Waals surface area contributed by atoms with Gasteiger partial charge in [-0.2, -0.15) is 0 Å². The van der Waals surface area contributed by atoms with E-state index in [4.69, 9.17) is 28.4 Å². The standard InChI is InChI=1S/C22H24O8/c1-25-13-29-19-10-8-16(12-20(19)30-14-26-2)6-5-15-7-9-17(21(23)27-3)18(11-15)22(24)28-4/h5-12H,13-14H2,1-4H3. The van der Waals surface area contributed by atoms with Gasteiger partial charge in [0.25, 0.3) is 0 Å². The Morgan fingerprint density at radius 1 is 0.700 bits per heavy atom. The second kappa shape index (κ2) is 11.6. The first-order valence-electron chi connectivity index (χ1n) is 8.90. The van der Waals surface area contributed by atoms with Crippen LogP contribution in [0.4, 0.5) is 0 Å². The summed E-state index contributed by atoms with van der Waals surface area (Å²) in [5.74, 6) is -0.230. The Balaban J connectivity index is 2.31. The summed E-state index contributed by atoms with van der Waals surface area (Å²) in [4.78, 5) is 23.9. The van der Waals surface area contributed by atoms with Crippen molar-refractivity contribution in [1.29, 1.82) is 0 Å². The second-order valence-corrected chi connectivity index (χ2v) is 5.93. The fraction of sp³-hybridized carbons (Fsp3) is 0.273. The summed E-state index contributed by atoms with van der Waals surface area (Å²) in [5, 5.41) is 0. The van der Waals surface area contributed by atoms with E-state index < -0.39 is 11.9 Å². The van der Waals surface area contributed by atoms with E-state index in [9.17, 15) is 9.59 Å². The van der Waals surface area contributed by atoms with Crippen molar-refractivity contribution in [2.75, 3.05) is 42.0 Å². The predicted molar refractivity (Wildman–Crippen MR) is 109 cm³/mol. The zero-order valence-electron chi connectivity index (χ0n) is 17.3. The summed E-state index contributed by atoms with van der Waals surface area (Å²) in [6.07, 6.45) is 3.62. The van der Waals surface area contributed by atoms with Crippen molar-refractivity contribution in [3.05, 3.63) is 58.7 Å². The number of methoxy groups -OCH3 is 4. The zero-order chi connectivity index (χ0) is 21.9. The largest absolute Gasteiger partial charge is 0.465 e. The van der Waals surface area contributed by atoms with Crippen LogP contribution in [0.2, 0.25) is 0 Å². The lowest BCUT2D eigenvalue weighted by Gasteiger charge is -2.12. The summed E-state index contributed by atoms with van der Waals surface area (Å²) in [6.45, 7) is 0.148. The molecule has 30 heavy (non-hydrogen) atoms. The Labute approximate surface area is 174 Å². The summed E-state index contributed by atoms with van der Waals surface area (Å²) in [6, 6.07) is 10.2. The van der Waals surface area contributed by atoms with Crippen molar-refractivity contribution in [3.63, 3.8) is 0 Å². The number of hydrogen-bond acceptors (Lipinski definition) is 8. The fourth-order valence-electron chi connectivity index (χ4n) is 2.53. The molecule has 0 unspecified atom stereocenters. The minimum absolute atomic E-state index is 0.0635. The van der Waals surface area contributed by atoms with E-state index >= 15 is 0 Å². The molecule has 0 atom stereocenters. The van der Waals surface area contributed by atoms with Crippen LogP contribution in [0, 0.1) is 0 Å². The summed E-state index contributed by atoms with van der Waals surface area (Å²) in [5.41, 5.74) is 1.78. The maximum absolute atomic E-state index is 12.0. The predicted octanol–water partition coefficient (Wildman–Crippen LogP) is 3.40. The molecule has 0 aliphatic heterocycles. The molecule has 160 valence electrons. The van der Waals surface area contributed by atoms with Crippen LogP contribution >= 0.6 is 0 Å². The Morgan fingerprint density at radius 3 is 1.83 bits per heavy atom. The van der Waals surface area contributed by atoms with Gasteiger partial charge in [-0.25, -0.2) is 9.59 Å². The average molecular weight is 416 g/mol. The van der Waals surface area contributed by atoms with Gasteiger partial charge >= 0.3 is 11.9 Å². The maximum atomic E-state index is 12.0. The van der Waals surface area contributed by atoms with Crippen LogP contribution in [0.1, 0.15) is 31.8 Å². The SMILES string of the molecule is COCOc1ccc(C=Cc2ccc(C(=O)OC)c(C(=O)OC)c2)cc1OCOC. The smallest absolute Gasteiger partial charge is 0.338 e. The highest BCUT2D eigenvalue weighted by atomic mass is 16.7. The van der Waals surface area contributed by atoms with Crippen molar-refractivity contribution in [3.8, 4) is 11.5 Å². The molecule has 0 heterocycles. The van der Waals surface area contributed by atoms with E-state index in [1.165, 1.54) is 34.5 Å². The van der Waals surface area contributed by atoms with Gasteiger partial charge in [0.05, 0.1) is 25.3 Å². The normalized spacial score (nSPS) is 10.7. The Morgan fingerprint density at radius 2 is 1.23 bits per heavy atom. The van der Waals surface area contributed by atoms with E-state index in [2.05, 4.69) is 0 Å². The summed E-state index contributed by atoms with van der Waals surface area (Å²) in [7, 11) is 5.55. The lowest BCUT2D eigenvalue weighted by Crippen LogP contribution is -2.11. The van der Waals surface area contributed by atoms with Crippen LogP contribution in [-0.2, 0) is 18.9 Å². The molecule has 0 radical (unpaired) electrons. The van der Waals surface area contributed by atoms with Gasteiger partial charge in [-0.15, -0.1) is 0 Å². The number of carbonyl (C=O) groups is 2. The highest BCUT2D eigenvalue weighted by Crippen LogP contribution is 2.29. The molecule has 0 aromatic heterocycles. The highest BCUT2D eigenvalue weighted by Gasteiger charge is 2.18. The van der Waals surface area contributed by atoms with Crippen molar-refractivity contribution < 1.29 is 38.0 Å². The topological polar surface area (TPSA) is 89.5 Å². The minimum Gasteiger partial charge on any atom is -0.465 e. The van der Waals surface area contributed by atoms with E-state index in [1.807, 2.05) is 12.1 Å². The quantitative estimate of drug-likeness (QED) is 0.331. The van der Waals surface area contributed by atoms with Gasteiger partial charge in [0.15, 0.2) is 25.1 Å². The summed E-state index contributed by atoms with van der Waals surface area (Å²) < 4.78 is 30.4. The van der Waals surface area contributed by atoms with Crippen molar-refractivity contribution in [1.82, 2.24) is 0 Å². The van der Waals surface area contributed by atoms with Crippen molar-refractivity contribution in [2.45, 2.75) is 0 Å². The number of hydrogen-bond donors (Lipinski definition) is 0. The van der Waals surface area contributed by atoms with Crippen LogP contribution in [-0.4, -0.2) is 54.0 Å². The van der Waals surface area contributed by atoms with Gasteiger partial charge < -0.3 is 28.4 Å². The third-order valence-electron chi connectivity index (χ3n) is 3.95. The first-order valence-corrected chi connectivity index (χ1v) is 8.90. The third-order valence-corrected chi connectivity index (χ3v) is 3.95. The molecule has 8 heteroatoms. The van der Waals surface area contributed by atoms with Crippen LogP contribution in [0.15, 0.2) is 36.4 Å². The average Bonchev–Trinajstić information content (AvgIpc) is 2.79. The van der Waals surface area contributed by atoms with E-state index in [1.54, 1.807) is 30.3 Å². The zero-order valence-corrected chi connectivity index (χ0v) is 17.3. The van der Waals surface area contributed by atoms with Crippen LogP contribution in [0.3, 0.4) is 0 Å². The van der Waals surface area contributed by atoms with Gasteiger partial charge in [-0.3, -0.25) is 0 Å². The van der Waals surface area contributed by atoms with Gasteiger partial charge in [-0.05, 0) is 35.4 Å². The van der Waals surface area contributed by atoms with Crippen molar-refractivity contribution >= 4 is 24.1 Å². The third kappa shape index (κ3) is 6.07. The van der Waals surface area contributed by atoms with Crippen molar-refractivity contribution in [2.24, 2.45) is 0 Å². The van der Waals surface area contributed by atoms with Gasteiger partial charge in [0.2, 0.25) is 0 Å². The van der Waals surface area contributed by atoms with E-state index in [0.717, 1.165) is 5.56 Å². The molecule has 0 spiro atoms. The molecule has 0 saturated carbocycles. The number of esters is 2. The van der Waals surface area contributed by atoms with Crippen LogP contribution in [0.25, 0.3) is 12.2 Å². The molecule has 0 fully saturated rings. The van der Waals surface area contributed by atoms with E-state index in [0.29, 0.717) is 17.1 Å². The molecule has 2 aromatic rings. The van der Waals surface area contributed by atoms with Gasteiger partial charge in [0, 0.05) is 14.2 Å². The molecule has 0 amide bonds. The Bertz CT molecular complexity index is 904. The number of carbonyl (C=O) groups excluding carboxylic acids is 2. The Kier molecular flexibility index (Phi) is 8.86. The van der Waals surface area contributed by atoms with Gasteiger partial charge in [0.1, 0.15) is 0 Å². The fourth-order valence-corrected chi connectivity index (χ4v) is 2.53. The molecule has 2 aromatic carbocycles. The highest BCUT2D eigenvalue weighted by molar-refractivity contribution is 6.03. The minimum atomic E-state index is -0.624. The molecule has 0 N–H and O–H groups in total. The molecule has 2 rings (SSSR count). The molecule has 0 aliphatic rings. The molecule has 0 aliphatic carbocycles.